The van der Waals surface area contributed by atoms with E-state index < -0.39 is 5.79 Å². The molecular formula is C18H26O4. The summed E-state index contributed by atoms with van der Waals surface area (Å²) >= 11 is 0. The minimum absolute atomic E-state index is 0.00366. The van der Waals surface area contributed by atoms with Gasteiger partial charge in [0.15, 0.2) is 5.79 Å². The maximum absolute atomic E-state index is 12.6. The van der Waals surface area contributed by atoms with E-state index in [4.69, 9.17) is 14.2 Å². The minimum atomic E-state index is -0.598. The van der Waals surface area contributed by atoms with Gasteiger partial charge in [-0.05, 0) is 44.6 Å². The lowest BCUT2D eigenvalue weighted by molar-refractivity contribution is -0.173. The highest BCUT2D eigenvalue weighted by Gasteiger charge is 2.69. The molecule has 4 heteroatoms. The van der Waals surface area contributed by atoms with E-state index in [1.54, 1.807) is 0 Å². The van der Waals surface area contributed by atoms with Crippen molar-refractivity contribution in [2.45, 2.75) is 78.5 Å². The Morgan fingerprint density at radius 2 is 1.77 bits per heavy atom. The molecule has 0 N–H and O–H groups in total. The fraction of sp³-hybridized carbons (Fsp3) is 0.833. The van der Waals surface area contributed by atoms with Gasteiger partial charge in [0.2, 0.25) is 0 Å². The summed E-state index contributed by atoms with van der Waals surface area (Å²) in [5.41, 5.74) is 1.71. The first-order valence-electron chi connectivity index (χ1n) is 8.36. The second-order valence-corrected chi connectivity index (χ2v) is 8.76. The van der Waals surface area contributed by atoms with E-state index in [9.17, 15) is 4.79 Å². The van der Waals surface area contributed by atoms with Gasteiger partial charge in [-0.1, -0.05) is 20.8 Å². The molecule has 5 atom stereocenters. The lowest BCUT2D eigenvalue weighted by Gasteiger charge is -2.55. The number of esters is 1. The van der Waals surface area contributed by atoms with E-state index in [2.05, 4.69) is 20.8 Å². The molecule has 4 rings (SSSR count). The normalized spacial score (nSPS) is 48.0. The highest BCUT2D eigenvalue weighted by molar-refractivity contribution is 5.94. The molecule has 0 bridgehead atoms. The first-order chi connectivity index (χ1) is 10.1. The molecule has 0 radical (unpaired) electrons. The number of fused-ring (bicyclic) bond motifs is 2. The molecule has 4 nitrogen and oxygen atoms in total. The maximum Gasteiger partial charge on any atom is 0.335 e. The van der Waals surface area contributed by atoms with Gasteiger partial charge in [-0.2, -0.15) is 0 Å². The molecule has 0 aromatic carbocycles. The fourth-order valence-corrected chi connectivity index (χ4v) is 5.76. The molecule has 122 valence electrons. The molecular weight excluding hydrogens is 280 g/mol. The minimum Gasteiger partial charge on any atom is -0.458 e. The van der Waals surface area contributed by atoms with E-state index >= 15 is 0 Å². The van der Waals surface area contributed by atoms with Crippen LogP contribution in [0.3, 0.4) is 0 Å². The molecule has 2 saturated heterocycles. The third-order valence-corrected chi connectivity index (χ3v) is 6.48. The third kappa shape index (κ3) is 1.58. The van der Waals surface area contributed by atoms with Gasteiger partial charge >= 0.3 is 5.97 Å². The molecule has 2 heterocycles. The maximum atomic E-state index is 12.6. The van der Waals surface area contributed by atoms with Crippen LogP contribution >= 0.6 is 0 Å². The second-order valence-electron chi connectivity index (χ2n) is 8.76. The molecule has 1 saturated carbocycles. The zero-order valence-corrected chi connectivity index (χ0v) is 14.4. The van der Waals surface area contributed by atoms with Gasteiger partial charge in [0, 0.05) is 16.9 Å². The Kier molecular flexibility index (Phi) is 2.65. The number of hydrogen-bond donors (Lipinski definition) is 0. The zero-order valence-electron chi connectivity index (χ0n) is 14.4. The summed E-state index contributed by atoms with van der Waals surface area (Å²) in [6.07, 6.45) is 1.83. The predicted molar refractivity (Wildman–Crippen MR) is 81.0 cm³/mol. The van der Waals surface area contributed by atoms with Crippen molar-refractivity contribution in [1.29, 1.82) is 0 Å². The number of carbonyl (C=O) groups is 1. The number of hydrogen-bond acceptors (Lipinski definition) is 4. The molecule has 0 aromatic heterocycles. The summed E-state index contributed by atoms with van der Waals surface area (Å²) in [5.74, 6) is -0.505. The Morgan fingerprint density at radius 1 is 1.09 bits per heavy atom. The van der Waals surface area contributed by atoms with Crippen molar-refractivity contribution >= 4 is 5.97 Å². The summed E-state index contributed by atoms with van der Waals surface area (Å²) in [5, 5.41) is 0. The molecule has 2 aliphatic carbocycles. The Hall–Kier alpha value is -0.870. The third-order valence-electron chi connectivity index (χ3n) is 6.48. The van der Waals surface area contributed by atoms with Crippen molar-refractivity contribution in [3.05, 3.63) is 11.1 Å². The van der Waals surface area contributed by atoms with Crippen LogP contribution in [0, 0.1) is 16.7 Å². The molecule has 22 heavy (non-hydrogen) atoms. The lowest BCUT2D eigenvalue weighted by atomic mass is 9.49. The van der Waals surface area contributed by atoms with Gasteiger partial charge in [-0.15, -0.1) is 0 Å². The summed E-state index contributed by atoms with van der Waals surface area (Å²) in [7, 11) is 0. The van der Waals surface area contributed by atoms with Crippen LogP contribution in [-0.4, -0.2) is 30.1 Å². The molecule has 4 aliphatic rings. The molecule has 3 fully saturated rings. The van der Waals surface area contributed by atoms with Crippen LogP contribution < -0.4 is 0 Å². The van der Waals surface area contributed by atoms with Gasteiger partial charge in [-0.3, -0.25) is 0 Å². The molecule has 2 aliphatic heterocycles. The standard InChI is InChI=1S/C18H26O4/c1-9-11-15(19)20-10-7-8-16(2,3)14(18(10,11)6)13-12(9)21-17(4,5)22-13/h10,12-14H,7-8H2,1-6H3/t10-,12+,13+,14-,18+/m0/s1. The van der Waals surface area contributed by atoms with Crippen molar-refractivity contribution in [2.75, 3.05) is 0 Å². The average molecular weight is 306 g/mol. The largest absolute Gasteiger partial charge is 0.458 e. The van der Waals surface area contributed by atoms with Crippen LogP contribution in [0.25, 0.3) is 0 Å². The van der Waals surface area contributed by atoms with Gasteiger partial charge in [0.05, 0.1) is 6.10 Å². The van der Waals surface area contributed by atoms with Gasteiger partial charge in [0.1, 0.15) is 12.2 Å². The fourth-order valence-electron chi connectivity index (χ4n) is 5.76. The number of ether oxygens (including phenoxy) is 3. The predicted octanol–water partition coefficient (Wildman–Crippen LogP) is 3.20. The van der Waals surface area contributed by atoms with E-state index in [0.717, 1.165) is 24.0 Å². The Bertz CT molecular complexity index is 588. The van der Waals surface area contributed by atoms with Crippen LogP contribution in [0.2, 0.25) is 0 Å². The van der Waals surface area contributed by atoms with Crippen LogP contribution in [-0.2, 0) is 19.0 Å². The van der Waals surface area contributed by atoms with E-state index in [1.165, 1.54) is 0 Å². The van der Waals surface area contributed by atoms with E-state index in [-0.39, 0.29) is 41.0 Å². The number of rotatable bonds is 0. The molecule has 0 amide bonds. The van der Waals surface area contributed by atoms with Crippen LogP contribution in [0.4, 0.5) is 0 Å². The Labute approximate surface area is 132 Å². The average Bonchev–Trinajstić information content (AvgIpc) is 2.80. The molecule has 0 unspecified atom stereocenters. The molecule has 0 aromatic rings. The summed E-state index contributed by atoms with van der Waals surface area (Å²) in [4.78, 5) is 12.6. The van der Waals surface area contributed by atoms with E-state index in [0.29, 0.717) is 0 Å². The first kappa shape index (κ1) is 14.7. The summed E-state index contributed by atoms with van der Waals surface area (Å²) < 4.78 is 18.2. The smallest absolute Gasteiger partial charge is 0.335 e. The van der Waals surface area contributed by atoms with Crippen molar-refractivity contribution in [2.24, 2.45) is 16.7 Å². The van der Waals surface area contributed by atoms with E-state index in [1.807, 2.05) is 20.8 Å². The summed E-state index contributed by atoms with van der Waals surface area (Å²) in [6.45, 7) is 12.8. The number of carbonyl (C=O) groups excluding carboxylic acids is 1. The van der Waals surface area contributed by atoms with Gasteiger partial charge in [0.25, 0.3) is 0 Å². The van der Waals surface area contributed by atoms with Crippen LogP contribution in [0.15, 0.2) is 11.1 Å². The Balaban J connectivity index is 1.95. The lowest BCUT2D eigenvalue weighted by Crippen LogP contribution is -2.58. The topological polar surface area (TPSA) is 44.8 Å². The Morgan fingerprint density at radius 3 is 2.45 bits per heavy atom. The van der Waals surface area contributed by atoms with Gasteiger partial charge in [-0.25, -0.2) is 4.79 Å². The quantitative estimate of drug-likeness (QED) is 0.645. The zero-order chi connectivity index (χ0) is 16.1. The first-order valence-corrected chi connectivity index (χ1v) is 8.36. The van der Waals surface area contributed by atoms with Crippen LogP contribution in [0.5, 0.6) is 0 Å². The van der Waals surface area contributed by atoms with Crippen molar-refractivity contribution < 1.29 is 19.0 Å². The highest BCUT2D eigenvalue weighted by atomic mass is 16.8. The van der Waals surface area contributed by atoms with Crippen molar-refractivity contribution in [3.8, 4) is 0 Å². The SMILES string of the molecule is CC1=C2C(=O)O[C@H]3CCC(C)(C)[C@H]([C@@H]4OC(C)(C)O[C@H]14)[C@@]23C. The van der Waals surface area contributed by atoms with Crippen molar-refractivity contribution in [1.82, 2.24) is 0 Å². The summed E-state index contributed by atoms with van der Waals surface area (Å²) in [6, 6.07) is 0. The molecule has 0 spiro atoms. The second kappa shape index (κ2) is 3.96. The van der Waals surface area contributed by atoms with Crippen molar-refractivity contribution in [3.63, 3.8) is 0 Å². The van der Waals surface area contributed by atoms with Gasteiger partial charge < -0.3 is 14.2 Å². The monoisotopic (exact) mass is 306 g/mol. The highest BCUT2D eigenvalue weighted by Crippen LogP contribution is 2.65. The van der Waals surface area contributed by atoms with Crippen LogP contribution in [0.1, 0.15) is 54.4 Å².